The van der Waals surface area contributed by atoms with E-state index in [9.17, 15) is 0 Å². The first kappa shape index (κ1) is 33.7. The molecule has 0 amide bonds. The van der Waals surface area contributed by atoms with Gasteiger partial charge in [-0.05, 0) is 118 Å². The number of para-hydroxylation sites is 3. The van der Waals surface area contributed by atoms with Crippen molar-refractivity contribution in [1.82, 2.24) is 0 Å². The summed E-state index contributed by atoms with van der Waals surface area (Å²) in [5, 5.41) is 7.36. The number of benzene rings is 8. The van der Waals surface area contributed by atoms with Crippen LogP contribution in [0.3, 0.4) is 0 Å². The van der Waals surface area contributed by atoms with E-state index in [0.717, 1.165) is 40.9 Å². The van der Waals surface area contributed by atoms with E-state index in [1.807, 2.05) is 6.07 Å². The highest BCUT2D eigenvalue weighted by Gasteiger charge is 2.35. The van der Waals surface area contributed by atoms with Crippen molar-refractivity contribution in [2.45, 2.75) is 24.8 Å². The zero-order valence-electron chi connectivity index (χ0n) is 32.5. The Morgan fingerprint density at radius 1 is 0.559 bits per heavy atom. The Kier molecular flexibility index (Phi) is 7.80. The summed E-state index contributed by atoms with van der Waals surface area (Å²) in [5.41, 5.74) is 14.4. The predicted octanol–water partition coefficient (Wildman–Crippen LogP) is 13.3. The van der Waals surface area contributed by atoms with E-state index < -0.39 is 0 Å². The summed E-state index contributed by atoms with van der Waals surface area (Å²) in [5.74, 6) is 0.274. The number of allylic oxidation sites excluding steroid dienone is 2. The van der Waals surface area contributed by atoms with Crippen LogP contribution in [0, 0.1) is 0 Å². The molecule has 1 aromatic heterocycles. The van der Waals surface area contributed by atoms with Crippen molar-refractivity contribution in [2.24, 2.45) is 0 Å². The fourth-order valence-electron chi connectivity index (χ4n) is 9.86. The number of hydrogen-bond acceptors (Lipinski definition) is 3. The van der Waals surface area contributed by atoms with E-state index in [1.165, 1.54) is 71.4 Å². The predicted molar refractivity (Wildman–Crippen MR) is 247 cm³/mol. The SMILES string of the molecule is C1=C(c2ccc(N(c3ccc(C4C=c5c(oc6ccccc56)=CC4)cc3)c3cc4ccccc4c4ccccc34)cc2)C=C2c3ccccc3N(c3ccccc3)C2C1. The average molecular weight is 757 g/mol. The molecule has 280 valence electrons. The maximum Gasteiger partial charge on any atom is 0.135 e. The maximum absolute atomic E-state index is 6.19. The molecule has 0 saturated heterocycles. The molecule has 3 nitrogen and oxygen atoms in total. The van der Waals surface area contributed by atoms with Gasteiger partial charge in [0.25, 0.3) is 0 Å². The number of fused-ring (bicyclic) bond motifs is 9. The molecule has 59 heavy (non-hydrogen) atoms. The van der Waals surface area contributed by atoms with Crippen LogP contribution in [-0.4, -0.2) is 6.04 Å². The van der Waals surface area contributed by atoms with Gasteiger partial charge >= 0.3 is 0 Å². The molecule has 9 aromatic rings. The third-order valence-corrected chi connectivity index (χ3v) is 12.7. The summed E-state index contributed by atoms with van der Waals surface area (Å²) in [6.45, 7) is 0. The lowest BCUT2D eigenvalue weighted by atomic mass is 9.89. The lowest BCUT2D eigenvalue weighted by Gasteiger charge is -2.30. The van der Waals surface area contributed by atoms with Crippen molar-refractivity contribution in [3.8, 4) is 0 Å². The molecule has 0 radical (unpaired) electrons. The fraction of sp³-hybridized carbons (Fsp3) is 0.0714. The molecule has 2 atom stereocenters. The molecule has 0 N–H and O–H groups in total. The molecule has 2 unspecified atom stereocenters. The van der Waals surface area contributed by atoms with Crippen molar-refractivity contribution in [3.05, 3.63) is 221 Å². The Balaban J connectivity index is 0.936. The highest BCUT2D eigenvalue weighted by atomic mass is 16.3. The lowest BCUT2D eigenvalue weighted by Crippen LogP contribution is -2.27. The van der Waals surface area contributed by atoms with Gasteiger partial charge in [-0.1, -0.05) is 140 Å². The standard InChI is InChI=1S/C56H40N2O/c1-2-13-42(14-3-1)58-52-20-10-8-18-48(52)50-34-39(26-32-53(50)58)37-22-28-43(29-23-37)57(54-36-41-12-4-5-15-45(41)46-16-6-7-17-47(46)54)44-30-24-38(25-31-44)40-27-33-56-51(35-40)49-19-9-11-21-55(49)59-56/h1-26,28-31,33-36,40,53H,27,32H2. The molecule has 3 aliphatic rings. The summed E-state index contributed by atoms with van der Waals surface area (Å²) in [7, 11) is 0. The van der Waals surface area contributed by atoms with E-state index in [0.29, 0.717) is 0 Å². The van der Waals surface area contributed by atoms with Crippen molar-refractivity contribution in [2.75, 3.05) is 9.80 Å². The molecule has 1 aliphatic heterocycles. The zero-order valence-corrected chi connectivity index (χ0v) is 32.5. The van der Waals surface area contributed by atoms with E-state index in [1.54, 1.807) is 0 Å². The van der Waals surface area contributed by atoms with Crippen LogP contribution in [0.2, 0.25) is 0 Å². The van der Waals surface area contributed by atoms with Crippen LogP contribution in [-0.2, 0) is 0 Å². The van der Waals surface area contributed by atoms with Gasteiger partial charge in [0, 0.05) is 50.2 Å². The second kappa shape index (κ2) is 13.6. The summed E-state index contributed by atoms with van der Waals surface area (Å²) in [6, 6.07) is 66.7. The molecule has 0 saturated carbocycles. The quantitative estimate of drug-likeness (QED) is 0.158. The summed E-state index contributed by atoms with van der Waals surface area (Å²) in [4.78, 5) is 4.95. The van der Waals surface area contributed by atoms with Crippen molar-refractivity contribution in [1.29, 1.82) is 0 Å². The number of rotatable bonds is 6. The first-order valence-electron chi connectivity index (χ1n) is 20.7. The molecule has 0 spiro atoms. The number of hydrogen-bond donors (Lipinski definition) is 0. The molecule has 0 bridgehead atoms. The Hall–Kier alpha value is -7.36. The molecule has 0 fully saturated rings. The highest BCUT2D eigenvalue weighted by molar-refractivity contribution is 6.14. The highest BCUT2D eigenvalue weighted by Crippen LogP contribution is 2.49. The van der Waals surface area contributed by atoms with Crippen molar-refractivity contribution >= 4 is 84.2 Å². The minimum Gasteiger partial charge on any atom is -0.456 e. The van der Waals surface area contributed by atoms with Crippen LogP contribution in [0.25, 0.3) is 55.8 Å². The van der Waals surface area contributed by atoms with Gasteiger partial charge in [-0.3, -0.25) is 0 Å². The summed E-state index contributed by atoms with van der Waals surface area (Å²) < 4.78 is 6.19. The first-order valence-corrected chi connectivity index (χ1v) is 20.7. The van der Waals surface area contributed by atoms with Crippen LogP contribution < -0.4 is 20.4 Å². The van der Waals surface area contributed by atoms with Crippen LogP contribution in [0.1, 0.15) is 35.4 Å². The molecular formula is C56H40N2O. The second-order valence-electron chi connectivity index (χ2n) is 16.0. The minimum absolute atomic E-state index is 0.274. The van der Waals surface area contributed by atoms with Crippen molar-refractivity contribution in [3.63, 3.8) is 0 Å². The number of anilines is 5. The first-order chi connectivity index (χ1) is 29.2. The molecule has 12 rings (SSSR count). The third-order valence-electron chi connectivity index (χ3n) is 12.7. The number of nitrogens with zero attached hydrogens (tertiary/aromatic N) is 2. The molecule has 3 heteroatoms. The van der Waals surface area contributed by atoms with E-state index >= 15 is 0 Å². The Morgan fingerprint density at radius 3 is 2.07 bits per heavy atom. The van der Waals surface area contributed by atoms with E-state index in [4.69, 9.17) is 4.42 Å². The third kappa shape index (κ3) is 5.57. The normalized spacial score (nSPS) is 16.8. The Morgan fingerprint density at radius 2 is 1.24 bits per heavy atom. The van der Waals surface area contributed by atoms with E-state index in [-0.39, 0.29) is 12.0 Å². The van der Waals surface area contributed by atoms with Crippen LogP contribution in [0.5, 0.6) is 0 Å². The maximum atomic E-state index is 6.19. The Bertz CT molecular complexity index is 3280. The van der Waals surface area contributed by atoms with Crippen molar-refractivity contribution < 1.29 is 4.42 Å². The van der Waals surface area contributed by atoms with Gasteiger partial charge in [-0.25, -0.2) is 0 Å². The largest absolute Gasteiger partial charge is 0.456 e. The monoisotopic (exact) mass is 756 g/mol. The fourth-order valence-corrected chi connectivity index (χ4v) is 9.86. The van der Waals surface area contributed by atoms with Gasteiger partial charge in [0.1, 0.15) is 11.0 Å². The van der Waals surface area contributed by atoms with Gasteiger partial charge in [-0.15, -0.1) is 0 Å². The van der Waals surface area contributed by atoms with E-state index in [2.05, 4.69) is 210 Å². The molecule has 2 aliphatic carbocycles. The van der Waals surface area contributed by atoms with Gasteiger partial charge in [0.05, 0.1) is 11.7 Å². The van der Waals surface area contributed by atoms with Crippen LogP contribution >= 0.6 is 0 Å². The van der Waals surface area contributed by atoms with Gasteiger partial charge in [0.2, 0.25) is 0 Å². The van der Waals surface area contributed by atoms with Crippen LogP contribution in [0.4, 0.5) is 28.4 Å². The lowest BCUT2D eigenvalue weighted by molar-refractivity contribution is 0.570. The van der Waals surface area contributed by atoms with Gasteiger partial charge in [-0.2, -0.15) is 0 Å². The molecular weight excluding hydrogens is 717 g/mol. The molecule has 8 aromatic carbocycles. The minimum atomic E-state index is 0.274. The summed E-state index contributed by atoms with van der Waals surface area (Å²) in [6.07, 6.45) is 11.4. The summed E-state index contributed by atoms with van der Waals surface area (Å²) >= 11 is 0. The smallest absolute Gasteiger partial charge is 0.135 e. The Labute approximate surface area is 343 Å². The topological polar surface area (TPSA) is 19.6 Å². The van der Waals surface area contributed by atoms with Crippen LogP contribution in [0.15, 0.2) is 199 Å². The van der Waals surface area contributed by atoms with Gasteiger partial charge in [0.15, 0.2) is 0 Å². The average Bonchev–Trinajstić information content (AvgIpc) is 3.85. The number of furan rings is 1. The van der Waals surface area contributed by atoms with Gasteiger partial charge < -0.3 is 14.2 Å². The zero-order chi connectivity index (χ0) is 38.9. The second-order valence-corrected chi connectivity index (χ2v) is 16.0. The molecule has 2 heterocycles.